The fraction of sp³-hybridized carbons (Fsp3) is 0.348. The Morgan fingerprint density at radius 3 is 2.50 bits per heavy atom. The Balaban J connectivity index is 1.70. The molecular formula is C23H26N2O5. The minimum absolute atomic E-state index is 0.110. The van der Waals surface area contributed by atoms with Crippen LogP contribution < -0.4 is 15.0 Å². The normalized spacial score (nSPS) is 15.6. The predicted molar refractivity (Wildman–Crippen MR) is 114 cm³/mol. The highest BCUT2D eigenvalue weighted by molar-refractivity contribution is 6.15. The van der Waals surface area contributed by atoms with Crippen LogP contribution in [0.25, 0.3) is 0 Å². The summed E-state index contributed by atoms with van der Waals surface area (Å²) in [4.78, 5) is 39.5. The van der Waals surface area contributed by atoms with Gasteiger partial charge in [-0.3, -0.25) is 19.3 Å². The highest BCUT2D eigenvalue weighted by Gasteiger charge is 2.45. The largest absolute Gasteiger partial charge is 0.496 e. The van der Waals surface area contributed by atoms with Crippen LogP contribution in [0.3, 0.4) is 0 Å². The minimum Gasteiger partial charge on any atom is -0.496 e. The molecule has 1 aliphatic rings. The Hall–Kier alpha value is -3.35. The second-order valence-corrected chi connectivity index (χ2v) is 7.65. The highest BCUT2D eigenvalue weighted by atomic mass is 16.5. The first kappa shape index (κ1) is 21.4. The number of para-hydroxylation sites is 3. The zero-order valence-electron chi connectivity index (χ0n) is 17.6. The number of hydrogen-bond donors (Lipinski definition) is 1. The van der Waals surface area contributed by atoms with Gasteiger partial charge in [0.2, 0.25) is 5.91 Å². The summed E-state index contributed by atoms with van der Waals surface area (Å²) in [5.41, 5.74) is 0.886. The van der Waals surface area contributed by atoms with Crippen molar-refractivity contribution in [3.63, 3.8) is 0 Å². The van der Waals surface area contributed by atoms with Gasteiger partial charge in [0.25, 0.3) is 5.91 Å². The number of hydrogen-bond acceptors (Lipinski definition) is 5. The fourth-order valence-corrected chi connectivity index (χ4v) is 3.48. The minimum atomic E-state index is -1.12. The van der Waals surface area contributed by atoms with E-state index in [-0.39, 0.29) is 12.3 Å². The average molecular weight is 410 g/mol. The number of ether oxygens (including phenoxy) is 2. The molecule has 7 heteroatoms. The van der Waals surface area contributed by atoms with E-state index in [0.29, 0.717) is 23.5 Å². The number of fused-ring (bicyclic) bond motifs is 1. The lowest BCUT2D eigenvalue weighted by atomic mass is 9.95. The monoisotopic (exact) mass is 410 g/mol. The van der Waals surface area contributed by atoms with Crippen LogP contribution in [0.5, 0.6) is 5.75 Å². The lowest BCUT2D eigenvalue weighted by Gasteiger charge is -2.42. The topological polar surface area (TPSA) is 84.9 Å². The van der Waals surface area contributed by atoms with E-state index < -0.39 is 23.5 Å². The molecule has 158 valence electrons. The van der Waals surface area contributed by atoms with Crippen LogP contribution in [0.1, 0.15) is 32.8 Å². The molecule has 0 fully saturated rings. The van der Waals surface area contributed by atoms with Crippen molar-refractivity contribution in [3.05, 3.63) is 54.1 Å². The number of anilines is 2. The second kappa shape index (κ2) is 8.57. The molecular weight excluding hydrogens is 384 g/mol. The van der Waals surface area contributed by atoms with Gasteiger partial charge in [-0.2, -0.15) is 0 Å². The number of amides is 2. The Labute approximate surface area is 176 Å². The number of esters is 1. The van der Waals surface area contributed by atoms with Crippen LogP contribution >= 0.6 is 0 Å². The second-order valence-electron chi connectivity index (χ2n) is 7.65. The third-order valence-corrected chi connectivity index (χ3v) is 5.18. The maximum atomic E-state index is 13.2. The maximum Gasteiger partial charge on any atom is 0.306 e. The van der Waals surface area contributed by atoms with Gasteiger partial charge < -0.3 is 14.8 Å². The predicted octanol–water partition coefficient (Wildman–Crippen LogP) is 3.32. The molecule has 0 saturated heterocycles. The molecule has 30 heavy (non-hydrogen) atoms. The van der Waals surface area contributed by atoms with E-state index >= 15 is 0 Å². The van der Waals surface area contributed by atoms with Gasteiger partial charge in [0, 0.05) is 6.42 Å². The van der Waals surface area contributed by atoms with E-state index in [4.69, 9.17) is 9.47 Å². The van der Waals surface area contributed by atoms with Gasteiger partial charge in [-0.1, -0.05) is 30.3 Å². The molecule has 0 radical (unpaired) electrons. The number of nitrogens with zero attached hydrogens (tertiary/aromatic N) is 1. The lowest BCUT2D eigenvalue weighted by Crippen LogP contribution is -2.60. The quantitative estimate of drug-likeness (QED) is 0.739. The summed E-state index contributed by atoms with van der Waals surface area (Å²) in [6.07, 6.45) is -0.490. The smallest absolute Gasteiger partial charge is 0.306 e. The molecule has 2 aromatic rings. The van der Waals surface area contributed by atoms with Crippen LogP contribution in [0.4, 0.5) is 11.4 Å². The third kappa shape index (κ3) is 4.15. The number of rotatable bonds is 6. The first-order chi connectivity index (χ1) is 14.3. The van der Waals surface area contributed by atoms with E-state index in [2.05, 4.69) is 5.32 Å². The van der Waals surface area contributed by atoms with Crippen molar-refractivity contribution in [2.75, 3.05) is 17.3 Å². The molecule has 0 aliphatic carbocycles. The van der Waals surface area contributed by atoms with Crippen molar-refractivity contribution in [2.24, 2.45) is 0 Å². The number of methoxy groups -OCH3 is 1. The van der Waals surface area contributed by atoms with Crippen LogP contribution in [0.2, 0.25) is 0 Å². The van der Waals surface area contributed by atoms with Crippen molar-refractivity contribution in [1.82, 2.24) is 0 Å². The summed E-state index contributed by atoms with van der Waals surface area (Å²) in [7, 11) is 1.58. The van der Waals surface area contributed by atoms with E-state index in [9.17, 15) is 14.4 Å². The summed E-state index contributed by atoms with van der Waals surface area (Å²) in [5.74, 6) is -0.543. The van der Waals surface area contributed by atoms with Crippen molar-refractivity contribution in [2.45, 2.75) is 45.3 Å². The molecule has 1 N–H and O–H groups in total. The molecule has 0 bridgehead atoms. The lowest BCUT2D eigenvalue weighted by molar-refractivity contribution is -0.154. The molecule has 2 aromatic carbocycles. The van der Waals surface area contributed by atoms with Gasteiger partial charge in [-0.25, -0.2) is 0 Å². The van der Waals surface area contributed by atoms with Gasteiger partial charge in [-0.15, -0.1) is 0 Å². The first-order valence-electron chi connectivity index (χ1n) is 9.81. The molecule has 0 unspecified atom stereocenters. The van der Waals surface area contributed by atoms with Gasteiger partial charge in [0.05, 0.1) is 18.5 Å². The molecule has 1 aliphatic heterocycles. The number of carbonyl (C=O) groups excluding carboxylic acids is 3. The summed E-state index contributed by atoms with van der Waals surface area (Å²) in [6, 6.07) is 14.5. The molecule has 7 nitrogen and oxygen atoms in total. The summed E-state index contributed by atoms with van der Waals surface area (Å²) < 4.78 is 10.7. The van der Waals surface area contributed by atoms with Crippen LogP contribution in [0, 0.1) is 0 Å². The molecule has 0 spiro atoms. The standard InChI is InChI=1S/C23H26N2O5/c1-15(30-20(26)14-13-16-9-5-8-12-19(16)29-4)21(27)25-18-11-7-6-10-17(18)24-22(28)23(25,2)3/h5-12,15H,13-14H2,1-4H3,(H,24,28)/t15-/m0/s1. The van der Waals surface area contributed by atoms with Crippen molar-refractivity contribution < 1.29 is 23.9 Å². The zero-order chi connectivity index (χ0) is 21.9. The van der Waals surface area contributed by atoms with E-state index in [1.165, 1.54) is 11.8 Å². The van der Waals surface area contributed by atoms with E-state index in [1.807, 2.05) is 24.3 Å². The van der Waals surface area contributed by atoms with Gasteiger partial charge >= 0.3 is 5.97 Å². The SMILES string of the molecule is COc1ccccc1CCC(=O)O[C@@H](C)C(=O)N1c2ccccc2NC(=O)C1(C)C. The van der Waals surface area contributed by atoms with Crippen LogP contribution in [0.15, 0.2) is 48.5 Å². The Bertz CT molecular complexity index is 970. The first-order valence-corrected chi connectivity index (χ1v) is 9.81. The Morgan fingerprint density at radius 1 is 1.10 bits per heavy atom. The molecule has 0 saturated carbocycles. The van der Waals surface area contributed by atoms with Crippen LogP contribution in [-0.4, -0.2) is 36.5 Å². The molecule has 2 amide bonds. The van der Waals surface area contributed by atoms with Crippen molar-refractivity contribution >= 4 is 29.2 Å². The summed E-state index contributed by atoms with van der Waals surface area (Å²) in [5, 5.41) is 2.81. The number of nitrogens with one attached hydrogen (secondary N) is 1. The number of carbonyl (C=O) groups is 3. The third-order valence-electron chi connectivity index (χ3n) is 5.18. The average Bonchev–Trinajstić information content (AvgIpc) is 2.72. The van der Waals surface area contributed by atoms with Gasteiger partial charge in [0.1, 0.15) is 11.3 Å². The van der Waals surface area contributed by atoms with E-state index in [1.54, 1.807) is 45.2 Å². The Kier molecular flexibility index (Phi) is 6.10. The number of aryl methyl sites for hydroxylation is 1. The fourth-order valence-electron chi connectivity index (χ4n) is 3.48. The maximum absolute atomic E-state index is 13.2. The van der Waals surface area contributed by atoms with Gasteiger partial charge in [-0.05, 0) is 51.0 Å². The molecule has 1 atom stereocenters. The molecule has 3 rings (SSSR count). The summed E-state index contributed by atoms with van der Waals surface area (Å²) >= 11 is 0. The molecule has 0 aromatic heterocycles. The van der Waals surface area contributed by atoms with Crippen molar-refractivity contribution in [1.29, 1.82) is 0 Å². The highest BCUT2D eigenvalue weighted by Crippen LogP contribution is 2.37. The number of benzene rings is 2. The van der Waals surface area contributed by atoms with Crippen LogP contribution in [-0.2, 0) is 25.5 Å². The Morgan fingerprint density at radius 2 is 1.77 bits per heavy atom. The molecule has 1 heterocycles. The zero-order valence-corrected chi connectivity index (χ0v) is 17.6. The summed E-state index contributed by atoms with van der Waals surface area (Å²) in [6.45, 7) is 4.84. The van der Waals surface area contributed by atoms with Crippen molar-refractivity contribution in [3.8, 4) is 5.75 Å². The van der Waals surface area contributed by atoms with E-state index in [0.717, 1.165) is 5.56 Å². The van der Waals surface area contributed by atoms with Gasteiger partial charge in [0.15, 0.2) is 6.10 Å².